The van der Waals surface area contributed by atoms with Gasteiger partial charge < -0.3 is 10.6 Å². The van der Waals surface area contributed by atoms with Gasteiger partial charge in [-0.2, -0.15) is 0 Å². The Balaban J connectivity index is 1.56. The number of hydrogen-bond donors (Lipinski definition) is 1. The maximum absolute atomic E-state index is 6.16. The van der Waals surface area contributed by atoms with Gasteiger partial charge in [-0.1, -0.05) is 6.92 Å². The third-order valence-electron chi connectivity index (χ3n) is 5.52. The molecule has 3 nitrogen and oxygen atoms in total. The molecule has 2 saturated carbocycles. The van der Waals surface area contributed by atoms with Crippen LogP contribution in [0.25, 0.3) is 0 Å². The van der Waals surface area contributed by atoms with E-state index in [0.717, 1.165) is 18.4 Å². The van der Waals surface area contributed by atoms with Crippen LogP contribution in [0, 0.1) is 11.8 Å². The van der Waals surface area contributed by atoms with Crippen LogP contribution < -0.4 is 5.73 Å². The van der Waals surface area contributed by atoms with Crippen molar-refractivity contribution in [2.45, 2.75) is 44.6 Å². The Kier molecular flexibility index (Phi) is 3.65. The fourth-order valence-corrected chi connectivity index (χ4v) is 3.87. The molecule has 3 aliphatic rings. The maximum atomic E-state index is 6.16. The molecule has 0 amide bonds. The third kappa shape index (κ3) is 2.45. The molecule has 2 aliphatic carbocycles. The van der Waals surface area contributed by atoms with Crippen LogP contribution in [0.15, 0.2) is 0 Å². The Morgan fingerprint density at radius 2 is 1.72 bits per heavy atom. The highest BCUT2D eigenvalue weighted by molar-refractivity contribution is 5.03. The molecule has 1 heterocycles. The van der Waals surface area contributed by atoms with Gasteiger partial charge in [0.2, 0.25) is 0 Å². The Hall–Kier alpha value is -0.120. The molecule has 3 fully saturated rings. The quantitative estimate of drug-likeness (QED) is 0.777. The zero-order valence-electron chi connectivity index (χ0n) is 11.9. The number of hydrogen-bond acceptors (Lipinski definition) is 3. The van der Waals surface area contributed by atoms with Crippen molar-refractivity contribution >= 4 is 0 Å². The second kappa shape index (κ2) is 5.10. The van der Waals surface area contributed by atoms with E-state index in [0.29, 0.717) is 5.54 Å². The second-order valence-corrected chi connectivity index (χ2v) is 6.67. The number of nitrogens with zero attached hydrogens (tertiary/aromatic N) is 2. The summed E-state index contributed by atoms with van der Waals surface area (Å²) in [6.45, 7) is 9.58. The Morgan fingerprint density at radius 3 is 2.17 bits per heavy atom. The first kappa shape index (κ1) is 12.9. The van der Waals surface area contributed by atoms with Gasteiger partial charge in [0.05, 0.1) is 0 Å². The lowest BCUT2D eigenvalue weighted by Crippen LogP contribution is -2.61. The van der Waals surface area contributed by atoms with E-state index in [4.69, 9.17) is 5.73 Å². The van der Waals surface area contributed by atoms with E-state index in [1.165, 1.54) is 64.8 Å². The minimum absolute atomic E-state index is 0.339. The largest absolute Gasteiger partial charge is 0.329 e. The maximum Gasteiger partial charge on any atom is 0.0358 e. The second-order valence-electron chi connectivity index (χ2n) is 6.67. The molecule has 0 spiro atoms. The minimum atomic E-state index is 0.339. The van der Waals surface area contributed by atoms with Crippen molar-refractivity contribution in [2.75, 3.05) is 39.3 Å². The first-order valence-corrected chi connectivity index (χ1v) is 7.96. The molecule has 3 rings (SSSR count). The van der Waals surface area contributed by atoms with Crippen molar-refractivity contribution in [3.05, 3.63) is 0 Å². The standard InChI is InChI=1S/C15H29N3/c1-2-15(12-16,14-5-6-14)18-9-7-17(8-10-18)11-13-3-4-13/h13-14H,2-12,16H2,1H3. The number of piperazine rings is 1. The molecule has 3 heteroatoms. The molecular weight excluding hydrogens is 222 g/mol. The van der Waals surface area contributed by atoms with Crippen LogP contribution in [0.1, 0.15) is 39.0 Å². The molecule has 104 valence electrons. The van der Waals surface area contributed by atoms with E-state index < -0.39 is 0 Å². The summed E-state index contributed by atoms with van der Waals surface area (Å²) < 4.78 is 0. The minimum Gasteiger partial charge on any atom is -0.329 e. The summed E-state index contributed by atoms with van der Waals surface area (Å²) in [4.78, 5) is 5.41. The summed E-state index contributed by atoms with van der Waals surface area (Å²) in [7, 11) is 0. The van der Waals surface area contributed by atoms with Crippen LogP contribution in [-0.2, 0) is 0 Å². The summed E-state index contributed by atoms with van der Waals surface area (Å²) in [6, 6.07) is 0. The van der Waals surface area contributed by atoms with Crippen molar-refractivity contribution in [2.24, 2.45) is 17.6 Å². The van der Waals surface area contributed by atoms with Crippen molar-refractivity contribution in [1.82, 2.24) is 9.80 Å². The van der Waals surface area contributed by atoms with E-state index >= 15 is 0 Å². The number of rotatable bonds is 6. The van der Waals surface area contributed by atoms with E-state index in [1.54, 1.807) is 0 Å². The summed E-state index contributed by atoms with van der Waals surface area (Å²) in [5.74, 6) is 1.92. The Morgan fingerprint density at radius 1 is 1.06 bits per heavy atom. The fraction of sp³-hybridized carbons (Fsp3) is 1.00. The zero-order valence-corrected chi connectivity index (χ0v) is 11.9. The normalized spacial score (nSPS) is 30.3. The van der Waals surface area contributed by atoms with Crippen molar-refractivity contribution in [3.63, 3.8) is 0 Å². The Labute approximate surface area is 112 Å². The van der Waals surface area contributed by atoms with Gasteiger partial charge >= 0.3 is 0 Å². The van der Waals surface area contributed by atoms with Gasteiger partial charge in [0.1, 0.15) is 0 Å². The zero-order chi connectivity index (χ0) is 12.6. The molecule has 1 atom stereocenters. The first-order chi connectivity index (χ1) is 8.78. The van der Waals surface area contributed by atoms with Gasteiger partial charge in [-0.15, -0.1) is 0 Å². The van der Waals surface area contributed by atoms with Gasteiger partial charge in [0.15, 0.2) is 0 Å². The van der Waals surface area contributed by atoms with Gasteiger partial charge in [-0.3, -0.25) is 4.90 Å². The van der Waals surface area contributed by atoms with Gasteiger partial charge in [-0.25, -0.2) is 0 Å². The molecule has 0 radical (unpaired) electrons. The van der Waals surface area contributed by atoms with Crippen molar-refractivity contribution in [3.8, 4) is 0 Å². The van der Waals surface area contributed by atoms with Crippen molar-refractivity contribution in [1.29, 1.82) is 0 Å². The average molecular weight is 251 g/mol. The molecule has 1 aliphatic heterocycles. The highest BCUT2D eigenvalue weighted by Crippen LogP contribution is 2.45. The number of nitrogens with two attached hydrogens (primary N) is 1. The van der Waals surface area contributed by atoms with Gasteiger partial charge in [0, 0.05) is 44.8 Å². The van der Waals surface area contributed by atoms with Crippen LogP contribution in [0.4, 0.5) is 0 Å². The summed E-state index contributed by atoms with van der Waals surface area (Å²) in [5, 5.41) is 0. The van der Waals surface area contributed by atoms with Crippen LogP contribution in [0.5, 0.6) is 0 Å². The van der Waals surface area contributed by atoms with Crippen LogP contribution >= 0.6 is 0 Å². The molecule has 0 aromatic carbocycles. The molecule has 0 bridgehead atoms. The summed E-state index contributed by atoms with van der Waals surface area (Å²) >= 11 is 0. The molecule has 18 heavy (non-hydrogen) atoms. The average Bonchev–Trinajstić information content (AvgIpc) is 3.26. The van der Waals surface area contributed by atoms with E-state index in [-0.39, 0.29) is 0 Å². The Bertz CT molecular complexity index is 271. The molecule has 2 N–H and O–H groups in total. The van der Waals surface area contributed by atoms with E-state index in [1.807, 2.05) is 0 Å². The first-order valence-electron chi connectivity index (χ1n) is 7.96. The smallest absolute Gasteiger partial charge is 0.0358 e. The lowest BCUT2D eigenvalue weighted by atomic mass is 9.87. The van der Waals surface area contributed by atoms with E-state index in [9.17, 15) is 0 Å². The highest BCUT2D eigenvalue weighted by atomic mass is 15.3. The van der Waals surface area contributed by atoms with Gasteiger partial charge in [0.25, 0.3) is 0 Å². The van der Waals surface area contributed by atoms with Crippen LogP contribution in [0.3, 0.4) is 0 Å². The van der Waals surface area contributed by atoms with Gasteiger partial charge in [-0.05, 0) is 43.9 Å². The van der Waals surface area contributed by atoms with Crippen LogP contribution in [-0.4, -0.2) is 54.6 Å². The fourth-order valence-electron chi connectivity index (χ4n) is 3.87. The van der Waals surface area contributed by atoms with Crippen LogP contribution in [0.2, 0.25) is 0 Å². The van der Waals surface area contributed by atoms with Crippen molar-refractivity contribution < 1.29 is 0 Å². The lowest BCUT2D eigenvalue weighted by Gasteiger charge is -2.47. The topological polar surface area (TPSA) is 32.5 Å². The molecule has 0 aromatic heterocycles. The molecule has 1 saturated heterocycles. The predicted octanol–water partition coefficient (Wildman–Crippen LogP) is 1.53. The van der Waals surface area contributed by atoms with E-state index in [2.05, 4.69) is 16.7 Å². The molecule has 1 unspecified atom stereocenters. The molecular formula is C15H29N3. The third-order valence-corrected chi connectivity index (χ3v) is 5.52. The SMILES string of the molecule is CCC(CN)(C1CC1)N1CCN(CC2CC2)CC1. The monoisotopic (exact) mass is 251 g/mol. The highest BCUT2D eigenvalue weighted by Gasteiger charge is 2.47. The lowest BCUT2D eigenvalue weighted by molar-refractivity contribution is 0.0181. The summed E-state index contributed by atoms with van der Waals surface area (Å²) in [5.41, 5.74) is 6.50. The summed E-state index contributed by atoms with van der Waals surface area (Å²) in [6.07, 6.45) is 7.01. The molecule has 0 aromatic rings. The predicted molar refractivity (Wildman–Crippen MR) is 75.5 cm³/mol.